The molecule has 0 saturated carbocycles. The molecule has 1 amide bonds. The second-order valence-corrected chi connectivity index (χ2v) is 5.29. The van der Waals surface area contributed by atoms with Crippen molar-refractivity contribution >= 4 is 16.9 Å². The quantitative estimate of drug-likeness (QED) is 0.779. The zero-order valence-electron chi connectivity index (χ0n) is 11.4. The fourth-order valence-electron chi connectivity index (χ4n) is 2.95. The number of carbonyl (C=O) groups excluding carboxylic acids is 1. The number of amides is 1. The van der Waals surface area contributed by atoms with Crippen molar-refractivity contribution in [3.8, 4) is 5.82 Å². The summed E-state index contributed by atoms with van der Waals surface area (Å²) in [7, 11) is 0. The highest BCUT2D eigenvalue weighted by atomic mass is 16.1. The highest BCUT2D eigenvalue weighted by Crippen LogP contribution is 2.26. The SMILES string of the molecule is NC(=O)c1cc2c(nc1-n1cnc3ccccc31)CCC2. The number of rotatable bonds is 2. The van der Waals surface area contributed by atoms with Gasteiger partial charge in [-0.3, -0.25) is 9.36 Å². The van der Waals surface area contributed by atoms with Gasteiger partial charge in [-0.15, -0.1) is 0 Å². The molecule has 3 aromatic rings. The number of primary amides is 1. The van der Waals surface area contributed by atoms with Gasteiger partial charge in [0.05, 0.1) is 16.6 Å². The van der Waals surface area contributed by atoms with Crippen LogP contribution in [0.1, 0.15) is 28.0 Å². The number of para-hydroxylation sites is 2. The third kappa shape index (κ3) is 1.81. The van der Waals surface area contributed by atoms with E-state index < -0.39 is 5.91 Å². The van der Waals surface area contributed by atoms with Gasteiger partial charge >= 0.3 is 0 Å². The number of imidazole rings is 1. The molecule has 0 bridgehead atoms. The van der Waals surface area contributed by atoms with Crippen LogP contribution in [0.2, 0.25) is 0 Å². The summed E-state index contributed by atoms with van der Waals surface area (Å²) in [5, 5.41) is 0. The maximum atomic E-state index is 11.8. The van der Waals surface area contributed by atoms with Crippen LogP contribution in [0.15, 0.2) is 36.7 Å². The Morgan fingerprint density at radius 2 is 2.10 bits per heavy atom. The number of hydrogen-bond donors (Lipinski definition) is 1. The molecule has 21 heavy (non-hydrogen) atoms. The van der Waals surface area contributed by atoms with Crippen LogP contribution in [-0.2, 0) is 12.8 Å². The number of fused-ring (bicyclic) bond motifs is 2. The lowest BCUT2D eigenvalue weighted by atomic mass is 10.1. The first-order valence-electron chi connectivity index (χ1n) is 6.99. The lowest BCUT2D eigenvalue weighted by Crippen LogP contribution is -2.17. The van der Waals surface area contributed by atoms with Crippen molar-refractivity contribution in [1.82, 2.24) is 14.5 Å². The van der Waals surface area contributed by atoms with Crippen LogP contribution in [0.3, 0.4) is 0 Å². The van der Waals surface area contributed by atoms with E-state index >= 15 is 0 Å². The Morgan fingerprint density at radius 3 is 2.95 bits per heavy atom. The Hall–Kier alpha value is -2.69. The number of aryl methyl sites for hydroxylation is 2. The summed E-state index contributed by atoms with van der Waals surface area (Å²) in [5.41, 5.74) is 9.99. The average Bonchev–Trinajstić information content (AvgIpc) is 3.11. The van der Waals surface area contributed by atoms with Crippen molar-refractivity contribution in [2.45, 2.75) is 19.3 Å². The first-order valence-corrected chi connectivity index (χ1v) is 6.99. The Morgan fingerprint density at radius 1 is 1.24 bits per heavy atom. The highest BCUT2D eigenvalue weighted by molar-refractivity contribution is 5.97. The van der Waals surface area contributed by atoms with E-state index in [9.17, 15) is 4.79 Å². The average molecular weight is 278 g/mol. The summed E-state index contributed by atoms with van der Waals surface area (Å²) in [6, 6.07) is 9.66. The third-order valence-corrected chi connectivity index (χ3v) is 3.98. The van der Waals surface area contributed by atoms with E-state index in [1.807, 2.05) is 34.9 Å². The Labute approximate surface area is 121 Å². The first-order chi connectivity index (χ1) is 10.2. The molecule has 0 aliphatic heterocycles. The van der Waals surface area contributed by atoms with Gasteiger partial charge in [-0.25, -0.2) is 9.97 Å². The number of carbonyl (C=O) groups is 1. The summed E-state index contributed by atoms with van der Waals surface area (Å²) < 4.78 is 1.84. The van der Waals surface area contributed by atoms with Gasteiger partial charge in [0.25, 0.3) is 5.91 Å². The molecule has 4 rings (SSSR count). The summed E-state index contributed by atoms with van der Waals surface area (Å²) >= 11 is 0. The minimum atomic E-state index is -0.454. The number of pyridine rings is 1. The van der Waals surface area contributed by atoms with Crippen LogP contribution in [0.4, 0.5) is 0 Å². The fraction of sp³-hybridized carbons (Fsp3) is 0.188. The summed E-state index contributed by atoms with van der Waals surface area (Å²) in [6.45, 7) is 0. The van der Waals surface area contributed by atoms with Gasteiger partial charge in [0, 0.05) is 5.69 Å². The van der Waals surface area contributed by atoms with Crippen LogP contribution in [0.25, 0.3) is 16.9 Å². The highest BCUT2D eigenvalue weighted by Gasteiger charge is 2.20. The molecule has 2 heterocycles. The van der Waals surface area contributed by atoms with Gasteiger partial charge in [-0.1, -0.05) is 12.1 Å². The lowest BCUT2D eigenvalue weighted by molar-refractivity contribution is 0.1000. The van der Waals surface area contributed by atoms with Crippen molar-refractivity contribution < 1.29 is 4.79 Å². The van der Waals surface area contributed by atoms with E-state index in [1.54, 1.807) is 6.33 Å². The largest absolute Gasteiger partial charge is 0.365 e. The Kier molecular flexibility index (Phi) is 2.54. The van der Waals surface area contributed by atoms with Crippen LogP contribution >= 0.6 is 0 Å². The number of aromatic nitrogens is 3. The smallest absolute Gasteiger partial charge is 0.252 e. The van der Waals surface area contributed by atoms with Crippen molar-refractivity contribution in [1.29, 1.82) is 0 Å². The van der Waals surface area contributed by atoms with Gasteiger partial charge < -0.3 is 5.73 Å². The molecule has 0 unspecified atom stereocenters. The molecule has 104 valence electrons. The normalized spacial score (nSPS) is 13.5. The van der Waals surface area contributed by atoms with Crippen LogP contribution in [0, 0.1) is 0 Å². The Balaban J connectivity index is 2.01. The maximum absolute atomic E-state index is 11.8. The summed E-state index contributed by atoms with van der Waals surface area (Å²) in [5.74, 6) is 0.127. The predicted octanol–water partition coefficient (Wildman–Crippen LogP) is 2.01. The number of nitrogens with two attached hydrogens (primary N) is 1. The molecule has 0 fully saturated rings. The number of hydrogen-bond acceptors (Lipinski definition) is 3. The predicted molar refractivity (Wildman–Crippen MR) is 79.4 cm³/mol. The molecular formula is C16H14N4O. The van der Waals surface area contributed by atoms with Gasteiger partial charge in [0.2, 0.25) is 0 Å². The molecule has 0 saturated heterocycles. The molecular weight excluding hydrogens is 264 g/mol. The van der Waals surface area contributed by atoms with Gasteiger partial charge in [0.1, 0.15) is 6.33 Å². The molecule has 5 heteroatoms. The van der Waals surface area contributed by atoms with Crippen LogP contribution in [0.5, 0.6) is 0 Å². The van der Waals surface area contributed by atoms with Crippen molar-refractivity contribution in [3.05, 3.63) is 53.5 Å². The minimum absolute atomic E-state index is 0.454. The minimum Gasteiger partial charge on any atom is -0.365 e. The van der Waals surface area contributed by atoms with Gasteiger partial charge in [-0.05, 0) is 43.0 Å². The zero-order chi connectivity index (χ0) is 14.4. The standard InChI is InChI=1S/C16H14N4O/c17-15(21)11-8-10-4-3-6-12(10)19-16(11)20-9-18-13-5-1-2-7-14(13)20/h1-2,5,7-9H,3-4,6H2,(H2,17,21). The molecule has 0 spiro atoms. The number of nitrogens with zero attached hydrogens (tertiary/aromatic N) is 3. The molecule has 1 aromatic carbocycles. The molecule has 1 aliphatic carbocycles. The third-order valence-electron chi connectivity index (χ3n) is 3.98. The Bertz CT molecular complexity index is 866. The monoisotopic (exact) mass is 278 g/mol. The summed E-state index contributed by atoms with van der Waals surface area (Å²) in [4.78, 5) is 20.9. The topological polar surface area (TPSA) is 73.8 Å². The van der Waals surface area contributed by atoms with E-state index in [2.05, 4.69) is 9.97 Å². The second-order valence-electron chi connectivity index (χ2n) is 5.29. The van der Waals surface area contributed by atoms with E-state index in [1.165, 1.54) is 0 Å². The van der Waals surface area contributed by atoms with Gasteiger partial charge in [-0.2, -0.15) is 0 Å². The molecule has 0 atom stereocenters. The van der Waals surface area contributed by atoms with Crippen LogP contribution < -0.4 is 5.73 Å². The lowest BCUT2D eigenvalue weighted by Gasteiger charge is -2.10. The second kappa shape index (κ2) is 4.41. The van der Waals surface area contributed by atoms with E-state index in [-0.39, 0.29) is 0 Å². The molecule has 2 N–H and O–H groups in total. The molecule has 5 nitrogen and oxygen atoms in total. The zero-order valence-corrected chi connectivity index (χ0v) is 11.4. The first kappa shape index (κ1) is 12.1. The van der Waals surface area contributed by atoms with Crippen molar-refractivity contribution in [2.75, 3.05) is 0 Å². The maximum Gasteiger partial charge on any atom is 0.252 e. The summed E-state index contributed by atoms with van der Waals surface area (Å²) in [6.07, 6.45) is 4.69. The fourth-order valence-corrected chi connectivity index (χ4v) is 2.95. The van der Waals surface area contributed by atoms with E-state index in [0.29, 0.717) is 11.4 Å². The molecule has 0 radical (unpaired) electrons. The van der Waals surface area contributed by atoms with Crippen molar-refractivity contribution in [2.24, 2.45) is 5.73 Å². The van der Waals surface area contributed by atoms with E-state index in [0.717, 1.165) is 41.6 Å². The molecule has 1 aliphatic rings. The van der Waals surface area contributed by atoms with Gasteiger partial charge in [0.15, 0.2) is 5.82 Å². The van der Waals surface area contributed by atoms with E-state index in [4.69, 9.17) is 5.73 Å². The van der Waals surface area contributed by atoms with Crippen molar-refractivity contribution in [3.63, 3.8) is 0 Å². The molecule has 2 aromatic heterocycles. The number of benzene rings is 1. The van der Waals surface area contributed by atoms with Crippen LogP contribution in [-0.4, -0.2) is 20.4 Å².